The van der Waals surface area contributed by atoms with Crippen molar-refractivity contribution >= 4 is 0 Å². The Kier molecular flexibility index (Phi) is 8.79. The lowest BCUT2D eigenvalue weighted by molar-refractivity contribution is -0.108. The van der Waals surface area contributed by atoms with E-state index in [0.717, 1.165) is 11.1 Å². The molecule has 0 saturated carbocycles. The second-order valence-electron chi connectivity index (χ2n) is 6.47. The van der Waals surface area contributed by atoms with Crippen LogP contribution in [0.1, 0.15) is 36.0 Å². The van der Waals surface area contributed by atoms with Crippen LogP contribution in [0.15, 0.2) is 91.0 Å². The van der Waals surface area contributed by atoms with Crippen molar-refractivity contribution < 1.29 is 5.21 Å². The van der Waals surface area contributed by atoms with Crippen LogP contribution in [0.4, 0.5) is 0 Å². The van der Waals surface area contributed by atoms with Gasteiger partial charge in [-0.1, -0.05) is 97.9 Å². The van der Waals surface area contributed by atoms with Gasteiger partial charge in [-0.15, -0.1) is 0 Å². The summed E-state index contributed by atoms with van der Waals surface area (Å²) < 4.78 is 0. The van der Waals surface area contributed by atoms with Gasteiger partial charge in [0, 0.05) is 19.5 Å². The molecule has 0 aliphatic carbocycles. The lowest BCUT2D eigenvalue weighted by Gasteiger charge is -2.14. The number of hydroxylamine groups is 2. The quantitative estimate of drug-likeness (QED) is 0.568. The number of nitriles is 1. The minimum Gasteiger partial charge on any atom is -0.313 e. The largest absolute Gasteiger partial charge is 0.313 e. The summed E-state index contributed by atoms with van der Waals surface area (Å²) in [5.41, 5.74) is 3.47. The number of hydrogen-bond acceptors (Lipinski definition) is 3. The van der Waals surface area contributed by atoms with E-state index < -0.39 is 0 Å². The summed E-state index contributed by atoms with van der Waals surface area (Å²) >= 11 is 0. The first kappa shape index (κ1) is 20.4. The summed E-state index contributed by atoms with van der Waals surface area (Å²) in [6.07, 6.45) is 0.601. The molecule has 3 nitrogen and oxygen atoms in total. The number of nitrogens with zero attached hydrogens (tertiary/aromatic N) is 2. The molecule has 1 N–H and O–H groups in total. The monoisotopic (exact) mass is 358 g/mol. The molecule has 0 aliphatic rings. The zero-order valence-electron chi connectivity index (χ0n) is 15.7. The van der Waals surface area contributed by atoms with E-state index in [1.54, 1.807) is 0 Å². The van der Waals surface area contributed by atoms with E-state index in [1.807, 2.05) is 78.9 Å². The molecule has 0 bridgehead atoms. The van der Waals surface area contributed by atoms with E-state index in [0.29, 0.717) is 25.4 Å². The second kappa shape index (κ2) is 11.6. The summed E-state index contributed by atoms with van der Waals surface area (Å²) in [7, 11) is 0. The molecule has 3 aromatic rings. The van der Waals surface area contributed by atoms with Crippen molar-refractivity contribution in [2.45, 2.75) is 32.4 Å². The van der Waals surface area contributed by atoms with Gasteiger partial charge in [0.05, 0.1) is 6.07 Å². The van der Waals surface area contributed by atoms with Crippen molar-refractivity contribution in [3.63, 3.8) is 0 Å². The van der Waals surface area contributed by atoms with Gasteiger partial charge in [0.2, 0.25) is 0 Å². The Hall–Kier alpha value is -2.93. The molecule has 0 aromatic heterocycles. The maximum absolute atomic E-state index is 9.79. The average molecular weight is 358 g/mol. The fourth-order valence-corrected chi connectivity index (χ4v) is 2.68. The van der Waals surface area contributed by atoms with Gasteiger partial charge in [-0.25, -0.2) is 0 Å². The van der Waals surface area contributed by atoms with Gasteiger partial charge in [0.1, 0.15) is 0 Å². The third kappa shape index (κ3) is 7.87. The van der Waals surface area contributed by atoms with Crippen LogP contribution < -0.4 is 0 Å². The van der Waals surface area contributed by atoms with Crippen LogP contribution in [0.3, 0.4) is 0 Å². The molecule has 3 heteroatoms. The molecule has 138 valence electrons. The van der Waals surface area contributed by atoms with E-state index in [-0.39, 0.29) is 0 Å². The Morgan fingerprint density at radius 3 is 1.59 bits per heavy atom. The molecule has 0 radical (unpaired) electrons. The summed E-state index contributed by atoms with van der Waals surface area (Å²) in [6, 6.07) is 32.2. The van der Waals surface area contributed by atoms with Crippen LogP contribution in [-0.2, 0) is 13.1 Å². The van der Waals surface area contributed by atoms with Crippen LogP contribution in [0.5, 0.6) is 0 Å². The minimum absolute atomic E-state index is 0.362. The van der Waals surface area contributed by atoms with E-state index >= 15 is 0 Å². The van der Waals surface area contributed by atoms with E-state index in [1.165, 1.54) is 10.6 Å². The summed E-state index contributed by atoms with van der Waals surface area (Å²) in [6.45, 7) is 3.17. The lowest BCUT2D eigenvalue weighted by atomic mass is 9.99. The lowest BCUT2D eigenvalue weighted by Crippen LogP contribution is -2.17. The van der Waals surface area contributed by atoms with Crippen molar-refractivity contribution in [2.75, 3.05) is 0 Å². The fraction of sp³-hybridized carbons (Fsp3) is 0.208. The van der Waals surface area contributed by atoms with Crippen LogP contribution in [-0.4, -0.2) is 10.3 Å². The maximum Gasteiger partial charge on any atom is 0.0628 e. The highest BCUT2D eigenvalue weighted by atomic mass is 16.5. The molecule has 0 spiro atoms. The topological polar surface area (TPSA) is 47.3 Å². The predicted molar refractivity (Wildman–Crippen MR) is 109 cm³/mol. The second-order valence-corrected chi connectivity index (χ2v) is 6.47. The van der Waals surface area contributed by atoms with Gasteiger partial charge < -0.3 is 5.21 Å². The molecule has 3 rings (SSSR count). The molecule has 1 atom stereocenters. The third-order valence-electron chi connectivity index (χ3n) is 4.18. The van der Waals surface area contributed by atoms with Crippen LogP contribution in [0.25, 0.3) is 0 Å². The van der Waals surface area contributed by atoms with Gasteiger partial charge in [-0.2, -0.15) is 10.3 Å². The van der Waals surface area contributed by atoms with Crippen molar-refractivity contribution in [3.8, 4) is 6.07 Å². The first-order valence-electron chi connectivity index (χ1n) is 9.12. The first-order chi connectivity index (χ1) is 13.2. The van der Waals surface area contributed by atoms with Crippen molar-refractivity contribution in [1.29, 1.82) is 5.26 Å². The van der Waals surface area contributed by atoms with Gasteiger partial charge in [-0.05, 0) is 22.6 Å². The smallest absolute Gasteiger partial charge is 0.0628 e. The highest BCUT2D eigenvalue weighted by Gasteiger charge is 2.03. The maximum atomic E-state index is 9.79. The molecular formula is C24H26N2O. The summed E-state index contributed by atoms with van der Waals surface area (Å²) in [5.74, 6) is 0.362. The molecule has 0 aliphatic heterocycles. The molecular weight excluding hydrogens is 332 g/mol. The normalized spacial score (nSPS) is 11.2. The molecule has 0 amide bonds. The fourth-order valence-electron chi connectivity index (χ4n) is 2.68. The van der Waals surface area contributed by atoms with E-state index in [4.69, 9.17) is 5.26 Å². The third-order valence-corrected chi connectivity index (χ3v) is 4.18. The molecule has 0 fully saturated rings. The highest BCUT2D eigenvalue weighted by molar-refractivity contribution is 5.19. The van der Waals surface area contributed by atoms with Crippen LogP contribution in [0, 0.1) is 11.3 Å². The highest BCUT2D eigenvalue weighted by Crippen LogP contribution is 2.16. The van der Waals surface area contributed by atoms with E-state index in [9.17, 15) is 5.21 Å². The predicted octanol–water partition coefficient (Wildman–Crippen LogP) is 5.78. The van der Waals surface area contributed by atoms with E-state index in [2.05, 4.69) is 25.1 Å². The van der Waals surface area contributed by atoms with Gasteiger partial charge in [0.15, 0.2) is 0 Å². The van der Waals surface area contributed by atoms with Crippen molar-refractivity contribution in [1.82, 2.24) is 5.06 Å². The molecule has 0 saturated heterocycles. The van der Waals surface area contributed by atoms with Crippen LogP contribution >= 0.6 is 0 Å². The Morgan fingerprint density at radius 1 is 0.778 bits per heavy atom. The number of hydrogen-bond donors (Lipinski definition) is 1. The number of rotatable bonds is 6. The molecule has 1 unspecified atom stereocenters. The van der Waals surface area contributed by atoms with Gasteiger partial charge in [-0.3, -0.25) is 0 Å². The van der Waals surface area contributed by atoms with Crippen molar-refractivity contribution in [3.05, 3.63) is 108 Å². The summed E-state index contributed by atoms with van der Waals surface area (Å²) in [4.78, 5) is 0. The molecule has 27 heavy (non-hydrogen) atoms. The Labute approximate surface area is 162 Å². The standard InChI is InChI=1S/C14H15NO.C10H11N/c16-15(11-13-7-3-1-4-8-13)12-14-9-5-2-6-10-14;1-9(7-8-11)10-5-3-2-4-6-10/h1-10,16H,11-12H2;2-6,9H,7H2,1H3. The zero-order chi connectivity index (χ0) is 19.3. The molecule has 3 aromatic carbocycles. The molecule has 0 heterocycles. The first-order valence-corrected chi connectivity index (χ1v) is 9.12. The average Bonchev–Trinajstić information content (AvgIpc) is 2.71. The Bertz CT molecular complexity index is 757. The minimum atomic E-state index is 0.362. The Balaban J connectivity index is 0.000000208. The van der Waals surface area contributed by atoms with Crippen molar-refractivity contribution in [2.24, 2.45) is 0 Å². The van der Waals surface area contributed by atoms with Gasteiger partial charge in [0.25, 0.3) is 0 Å². The van der Waals surface area contributed by atoms with Crippen LogP contribution in [0.2, 0.25) is 0 Å². The summed E-state index contributed by atoms with van der Waals surface area (Å²) in [5, 5.41) is 19.6. The zero-order valence-corrected chi connectivity index (χ0v) is 15.7. The SMILES string of the molecule is CC(CC#N)c1ccccc1.ON(Cc1ccccc1)Cc1ccccc1. The Morgan fingerprint density at radius 2 is 1.19 bits per heavy atom. The van der Waals surface area contributed by atoms with Gasteiger partial charge >= 0.3 is 0 Å². The number of benzene rings is 3.